The van der Waals surface area contributed by atoms with Gasteiger partial charge >= 0.3 is 13.2 Å². The molecule has 1 fully saturated rings. The largest absolute Gasteiger partial charge is 0.492 e. The molecule has 2 heterocycles. The van der Waals surface area contributed by atoms with Crippen molar-refractivity contribution in [2.24, 2.45) is 0 Å². The average Bonchev–Trinajstić information content (AvgIpc) is 2.57. The smallest absolute Gasteiger partial charge is 0.444 e. The van der Waals surface area contributed by atoms with E-state index in [1.807, 2.05) is 48.5 Å². The minimum absolute atomic E-state index is 0.283. The van der Waals surface area contributed by atoms with Crippen LogP contribution in [-0.2, 0) is 14.0 Å². The molecule has 6 heteroatoms. The molecule has 2 aliphatic rings. The zero-order chi connectivity index (χ0) is 16.8. The van der Waals surface area contributed by atoms with Crippen LogP contribution in [0.2, 0.25) is 0 Å². The van der Waals surface area contributed by atoms with Gasteiger partial charge < -0.3 is 18.9 Å². The molecule has 0 atom stereocenters. The predicted octanol–water partition coefficient (Wildman–Crippen LogP) is 3.19. The monoisotopic (exact) mass is 309 g/mol. The van der Waals surface area contributed by atoms with Gasteiger partial charge in [0.25, 0.3) is 0 Å². The second-order valence-electron chi connectivity index (χ2n) is 8.06. The number of hydrogen-bond donors (Lipinski definition) is 0. The average molecular weight is 309 g/mol. The molecule has 2 aliphatic heterocycles. The molecule has 22 heavy (non-hydrogen) atoms. The number of hydrogen-bond acceptors (Lipinski definition) is 4. The van der Waals surface area contributed by atoms with Crippen molar-refractivity contribution in [2.45, 2.75) is 71.7 Å². The third-order valence-corrected chi connectivity index (χ3v) is 4.39. The number of carbonyl (C=O) groups is 1. The van der Waals surface area contributed by atoms with Crippen LogP contribution >= 0.6 is 0 Å². The first-order valence-electron chi connectivity index (χ1n) is 7.94. The Hall–Kier alpha value is -1.01. The molecule has 124 valence electrons. The van der Waals surface area contributed by atoms with E-state index < -0.39 is 12.7 Å². The Morgan fingerprint density at radius 1 is 1.23 bits per heavy atom. The van der Waals surface area contributed by atoms with E-state index in [2.05, 4.69) is 6.08 Å². The van der Waals surface area contributed by atoms with Gasteiger partial charge in [0, 0.05) is 13.1 Å². The van der Waals surface area contributed by atoms with Crippen molar-refractivity contribution in [3.8, 4) is 0 Å². The van der Waals surface area contributed by atoms with E-state index >= 15 is 0 Å². The van der Waals surface area contributed by atoms with Crippen LogP contribution in [0.5, 0.6) is 0 Å². The molecule has 0 aromatic carbocycles. The van der Waals surface area contributed by atoms with E-state index in [0.717, 1.165) is 11.9 Å². The van der Waals surface area contributed by atoms with E-state index in [1.165, 1.54) is 0 Å². The molecule has 1 amide bonds. The first kappa shape index (κ1) is 17.4. The Kier molecular flexibility index (Phi) is 4.39. The van der Waals surface area contributed by atoms with E-state index in [0.29, 0.717) is 13.1 Å². The lowest BCUT2D eigenvalue weighted by Gasteiger charge is -2.32. The van der Waals surface area contributed by atoms with Gasteiger partial charge in [0.15, 0.2) is 0 Å². The van der Waals surface area contributed by atoms with Crippen molar-refractivity contribution >= 4 is 13.2 Å². The van der Waals surface area contributed by atoms with Gasteiger partial charge in [0.05, 0.1) is 11.2 Å². The van der Waals surface area contributed by atoms with Crippen molar-refractivity contribution in [3.05, 3.63) is 11.5 Å². The Labute approximate surface area is 134 Å². The summed E-state index contributed by atoms with van der Waals surface area (Å²) in [6, 6.07) is 0. The summed E-state index contributed by atoms with van der Waals surface area (Å²) in [5.41, 5.74) is -0.224. The van der Waals surface area contributed by atoms with Crippen molar-refractivity contribution < 1.29 is 18.8 Å². The number of amides is 1. The van der Waals surface area contributed by atoms with Crippen molar-refractivity contribution in [3.63, 3.8) is 0 Å². The number of rotatable bonds is 1. The maximum Gasteiger partial charge on any atom is 0.492 e. The maximum absolute atomic E-state index is 12.2. The minimum Gasteiger partial charge on any atom is -0.444 e. The maximum atomic E-state index is 12.2. The Morgan fingerprint density at radius 2 is 1.77 bits per heavy atom. The van der Waals surface area contributed by atoms with Gasteiger partial charge in [0.2, 0.25) is 0 Å². The Balaban J connectivity index is 2.03. The normalized spacial score (nSPS) is 24.2. The molecule has 2 rings (SSSR count). The van der Waals surface area contributed by atoms with Crippen LogP contribution in [0.4, 0.5) is 4.79 Å². The lowest BCUT2D eigenvalue weighted by molar-refractivity contribution is 0.00578. The lowest BCUT2D eigenvalue weighted by Crippen LogP contribution is -2.42. The summed E-state index contributed by atoms with van der Waals surface area (Å²) >= 11 is 0. The van der Waals surface area contributed by atoms with Gasteiger partial charge in [0.1, 0.15) is 5.60 Å². The molecule has 5 nitrogen and oxygen atoms in total. The fraction of sp³-hybridized carbons (Fsp3) is 0.812. The van der Waals surface area contributed by atoms with Gasteiger partial charge in [-0.2, -0.15) is 0 Å². The SMILES string of the molecule is CC(C)(C)OC(=O)N1CCC=C(B2OC(C)(C)C(C)(C)O2)C1. The Morgan fingerprint density at radius 3 is 2.27 bits per heavy atom. The zero-order valence-electron chi connectivity index (χ0n) is 14.9. The number of ether oxygens (including phenoxy) is 1. The van der Waals surface area contributed by atoms with Crippen molar-refractivity contribution in [1.82, 2.24) is 4.90 Å². The minimum atomic E-state index is -0.483. The van der Waals surface area contributed by atoms with Crippen LogP contribution in [0.3, 0.4) is 0 Å². The van der Waals surface area contributed by atoms with E-state index in [1.54, 1.807) is 4.90 Å². The molecule has 0 bridgehead atoms. The quantitative estimate of drug-likeness (QED) is 0.698. The fourth-order valence-electron chi connectivity index (χ4n) is 2.42. The Bertz CT molecular complexity index is 463. The highest BCUT2D eigenvalue weighted by Gasteiger charge is 2.52. The molecule has 0 radical (unpaired) electrons. The summed E-state index contributed by atoms with van der Waals surface area (Å²) in [6.45, 7) is 14.9. The van der Waals surface area contributed by atoms with Gasteiger partial charge in [-0.05, 0) is 60.4 Å². The molecule has 0 spiro atoms. The molecular formula is C16H28BNO4. The van der Waals surface area contributed by atoms with Crippen LogP contribution in [0.15, 0.2) is 11.5 Å². The van der Waals surface area contributed by atoms with Gasteiger partial charge in [-0.1, -0.05) is 6.08 Å². The van der Waals surface area contributed by atoms with Crippen LogP contribution in [0.25, 0.3) is 0 Å². The molecular weight excluding hydrogens is 281 g/mol. The molecule has 0 N–H and O–H groups in total. The third kappa shape index (κ3) is 3.66. The summed E-state index contributed by atoms with van der Waals surface area (Å²) < 4.78 is 17.6. The summed E-state index contributed by atoms with van der Waals surface area (Å²) in [7, 11) is -0.393. The van der Waals surface area contributed by atoms with Crippen LogP contribution in [0.1, 0.15) is 54.9 Å². The zero-order valence-corrected chi connectivity index (χ0v) is 14.9. The summed E-state index contributed by atoms with van der Waals surface area (Å²) in [6.07, 6.45) is 2.62. The van der Waals surface area contributed by atoms with Crippen LogP contribution in [-0.4, -0.2) is 48.0 Å². The van der Waals surface area contributed by atoms with Crippen molar-refractivity contribution in [2.75, 3.05) is 13.1 Å². The number of carbonyl (C=O) groups excluding carboxylic acids is 1. The first-order valence-corrected chi connectivity index (χ1v) is 7.94. The van der Waals surface area contributed by atoms with Crippen LogP contribution in [0, 0.1) is 0 Å². The van der Waals surface area contributed by atoms with Gasteiger partial charge in [-0.15, -0.1) is 0 Å². The third-order valence-electron chi connectivity index (χ3n) is 4.39. The highest BCUT2D eigenvalue weighted by molar-refractivity contribution is 6.54. The predicted molar refractivity (Wildman–Crippen MR) is 86.6 cm³/mol. The highest BCUT2D eigenvalue weighted by atomic mass is 16.7. The molecule has 0 unspecified atom stereocenters. The molecule has 1 saturated heterocycles. The molecule has 0 aromatic heterocycles. The standard InChI is InChI=1S/C16H28BNO4/c1-14(2,3)20-13(19)18-10-8-9-12(11-18)17-21-15(4,5)16(6,7)22-17/h9H,8,10-11H2,1-7H3. The molecule has 0 aromatic rings. The summed E-state index contributed by atoms with van der Waals surface area (Å²) in [4.78, 5) is 13.9. The van der Waals surface area contributed by atoms with Crippen molar-refractivity contribution in [1.29, 1.82) is 0 Å². The topological polar surface area (TPSA) is 48.0 Å². The van der Waals surface area contributed by atoms with Crippen LogP contribution < -0.4 is 0 Å². The number of nitrogens with zero attached hydrogens (tertiary/aromatic N) is 1. The summed E-state index contributed by atoms with van der Waals surface area (Å²) in [5.74, 6) is 0. The lowest BCUT2D eigenvalue weighted by atomic mass is 9.76. The fourth-order valence-corrected chi connectivity index (χ4v) is 2.42. The van der Waals surface area contributed by atoms with E-state index in [9.17, 15) is 4.79 Å². The van der Waals surface area contributed by atoms with Gasteiger partial charge in [-0.25, -0.2) is 4.79 Å². The van der Waals surface area contributed by atoms with Gasteiger partial charge in [-0.3, -0.25) is 0 Å². The molecule has 0 saturated carbocycles. The molecule has 0 aliphatic carbocycles. The second-order valence-corrected chi connectivity index (χ2v) is 8.06. The van der Waals surface area contributed by atoms with E-state index in [4.69, 9.17) is 14.0 Å². The van der Waals surface area contributed by atoms with E-state index in [-0.39, 0.29) is 17.3 Å². The second kappa shape index (κ2) is 5.57. The highest BCUT2D eigenvalue weighted by Crippen LogP contribution is 2.39. The summed E-state index contributed by atoms with van der Waals surface area (Å²) in [5, 5.41) is 0. The first-order chi connectivity index (χ1) is 9.91.